The van der Waals surface area contributed by atoms with Crippen LogP contribution in [0.1, 0.15) is 31.6 Å². The highest BCUT2D eigenvalue weighted by Gasteiger charge is 2.35. The molecule has 0 saturated carbocycles. The summed E-state index contributed by atoms with van der Waals surface area (Å²) in [7, 11) is 0. The molecule has 3 aromatic rings. The van der Waals surface area contributed by atoms with Crippen molar-refractivity contribution >= 4 is 34.9 Å². The van der Waals surface area contributed by atoms with Gasteiger partial charge in [0, 0.05) is 41.5 Å². The van der Waals surface area contributed by atoms with Crippen molar-refractivity contribution in [3.63, 3.8) is 0 Å². The Kier molecular flexibility index (Phi) is 6.18. The highest BCUT2D eigenvalue weighted by atomic mass is 35.5. The van der Waals surface area contributed by atoms with E-state index in [1.165, 1.54) is 0 Å². The van der Waals surface area contributed by atoms with Gasteiger partial charge in [0.2, 0.25) is 17.6 Å². The van der Waals surface area contributed by atoms with Crippen LogP contribution in [0, 0.1) is 0 Å². The molecule has 2 heterocycles. The lowest BCUT2D eigenvalue weighted by molar-refractivity contribution is -0.117. The second-order valence-electron chi connectivity index (χ2n) is 7.30. The van der Waals surface area contributed by atoms with Crippen molar-refractivity contribution in [1.82, 2.24) is 15.5 Å². The summed E-state index contributed by atoms with van der Waals surface area (Å²) in [5, 5.41) is 10.2. The van der Waals surface area contributed by atoms with Gasteiger partial charge in [-0.1, -0.05) is 29.7 Å². The largest absolute Gasteiger partial charge is 0.339 e. The molecular weight excluding hydrogens is 418 g/mol. The van der Waals surface area contributed by atoms with Crippen LogP contribution in [-0.2, 0) is 4.79 Å². The predicted molar refractivity (Wildman–Crippen MR) is 118 cm³/mol. The summed E-state index contributed by atoms with van der Waals surface area (Å²) >= 11 is 6.05. The summed E-state index contributed by atoms with van der Waals surface area (Å²) in [5.74, 6) is 0.666. The van der Waals surface area contributed by atoms with E-state index in [4.69, 9.17) is 16.1 Å². The van der Waals surface area contributed by atoms with E-state index < -0.39 is 0 Å². The molecule has 1 aromatic heterocycles. The molecule has 0 radical (unpaired) electrons. The summed E-state index contributed by atoms with van der Waals surface area (Å²) < 4.78 is 5.45. The van der Waals surface area contributed by atoms with Gasteiger partial charge in [0.05, 0.1) is 5.92 Å². The molecule has 1 aliphatic rings. The van der Waals surface area contributed by atoms with E-state index in [9.17, 15) is 9.59 Å². The molecule has 1 atom stereocenters. The summed E-state index contributed by atoms with van der Waals surface area (Å²) in [6.07, 6.45) is 1.17. The van der Waals surface area contributed by atoms with E-state index in [0.29, 0.717) is 41.9 Å². The Balaban J connectivity index is 1.42. The number of amides is 3. The van der Waals surface area contributed by atoms with Crippen molar-refractivity contribution in [2.45, 2.75) is 25.7 Å². The quantitative estimate of drug-likeness (QED) is 0.591. The topological polar surface area (TPSA) is 100 Å². The number of halogens is 1. The Bertz CT molecular complexity index is 1080. The van der Waals surface area contributed by atoms with Crippen molar-refractivity contribution in [1.29, 1.82) is 0 Å². The molecular formula is C22H22ClN5O3. The number of rotatable bonds is 6. The highest BCUT2D eigenvalue weighted by Crippen LogP contribution is 2.33. The zero-order valence-corrected chi connectivity index (χ0v) is 17.7. The van der Waals surface area contributed by atoms with E-state index >= 15 is 0 Å². The molecule has 0 bridgehead atoms. The third-order valence-electron chi connectivity index (χ3n) is 4.97. The standard InChI is InChI=1S/C22H22ClN5O3/c1-2-10-24-22(30)25-17-8-6-14(7-9-17)20-26-21(31-27-20)15-11-19(29)28(13-15)18-5-3-4-16(23)12-18/h3-9,12,15H,2,10-11,13H2,1H3,(H2,24,25,30). The molecule has 2 N–H and O–H groups in total. The molecule has 3 amide bonds. The molecule has 0 aliphatic carbocycles. The average Bonchev–Trinajstić information content (AvgIpc) is 3.40. The lowest BCUT2D eigenvalue weighted by Crippen LogP contribution is -2.29. The van der Waals surface area contributed by atoms with Gasteiger partial charge in [-0.05, 0) is 48.9 Å². The highest BCUT2D eigenvalue weighted by molar-refractivity contribution is 6.30. The molecule has 4 rings (SSSR count). The molecule has 8 nitrogen and oxygen atoms in total. The maximum Gasteiger partial charge on any atom is 0.319 e. The Morgan fingerprint density at radius 1 is 1.26 bits per heavy atom. The molecule has 0 spiro atoms. The van der Waals surface area contributed by atoms with Gasteiger partial charge < -0.3 is 20.1 Å². The summed E-state index contributed by atoms with van der Waals surface area (Å²) in [6.45, 7) is 3.06. The number of nitrogens with one attached hydrogen (secondary N) is 2. The molecule has 2 aromatic carbocycles. The van der Waals surface area contributed by atoms with Gasteiger partial charge in [0.25, 0.3) is 0 Å². The maximum absolute atomic E-state index is 12.5. The number of urea groups is 1. The fourth-order valence-electron chi connectivity index (χ4n) is 3.40. The number of aromatic nitrogens is 2. The molecule has 1 aliphatic heterocycles. The number of hydrogen-bond donors (Lipinski definition) is 2. The molecule has 9 heteroatoms. The second-order valence-corrected chi connectivity index (χ2v) is 7.74. The van der Waals surface area contributed by atoms with Crippen LogP contribution < -0.4 is 15.5 Å². The van der Waals surface area contributed by atoms with Crippen LogP contribution in [0.15, 0.2) is 53.1 Å². The number of anilines is 2. The smallest absolute Gasteiger partial charge is 0.319 e. The molecule has 1 saturated heterocycles. The minimum absolute atomic E-state index is 0.0104. The third kappa shape index (κ3) is 4.86. The van der Waals surface area contributed by atoms with Gasteiger partial charge in [-0.2, -0.15) is 4.98 Å². The molecule has 160 valence electrons. The molecule has 1 fully saturated rings. The fraction of sp³-hybridized carbons (Fsp3) is 0.273. The minimum Gasteiger partial charge on any atom is -0.339 e. The summed E-state index contributed by atoms with van der Waals surface area (Å²) in [4.78, 5) is 30.4. The average molecular weight is 440 g/mol. The van der Waals surface area contributed by atoms with Crippen LogP contribution in [0.3, 0.4) is 0 Å². The predicted octanol–water partition coefficient (Wildman–Crippen LogP) is 4.44. The van der Waals surface area contributed by atoms with Crippen molar-refractivity contribution < 1.29 is 14.1 Å². The Hall–Kier alpha value is -3.39. The number of carbonyl (C=O) groups excluding carboxylic acids is 2. The zero-order valence-electron chi connectivity index (χ0n) is 17.0. The van der Waals surface area contributed by atoms with Gasteiger partial charge in [0.15, 0.2) is 0 Å². The van der Waals surface area contributed by atoms with E-state index in [0.717, 1.165) is 17.7 Å². The Morgan fingerprint density at radius 3 is 2.81 bits per heavy atom. The number of hydrogen-bond acceptors (Lipinski definition) is 5. The van der Waals surface area contributed by atoms with Gasteiger partial charge in [-0.3, -0.25) is 4.79 Å². The maximum atomic E-state index is 12.5. The molecule has 31 heavy (non-hydrogen) atoms. The van der Waals surface area contributed by atoms with Gasteiger partial charge in [-0.25, -0.2) is 4.79 Å². The first kappa shape index (κ1) is 20.9. The SMILES string of the molecule is CCCNC(=O)Nc1ccc(-c2noc(C3CC(=O)N(c4cccc(Cl)c4)C3)n2)cc1. The van der Waals surface area contributed by atoms with Crippen molar-refractivity contribution in [3.8, 4) is 11.4 Å². The van der Waals surface area contributed by atoms with Crippen LogP contribution in [-0.4, -0.2) is 35.2 Å². The van der Waals surface area contributed by atoms with Crippen LogP contribution in [0.2, 0.25) is 5.02 Å². The first-order valence-electron chi connectivity index (χ1n) is 10.1. The van der Waals surface area contributed by atoms with E-state index in [1.54, 1.807) is 29.2 Å². The summed E-state index contributed by atoms with van der Waals surface area (Å²) in [6, 6.07) is 14.1. The monoisotopic (exact) mass is 439 g/mol. The Labute approximate surface area is 184 Å². The fourth-order valence-corrected chi connectivity index (χ4v) is 3.59. The van der Waals surface area contributed by atoms with Gasteiger partial charge in [-0.15, -0.1) is 0 Å². The van der Waals surface area contributed by atoms with Crippen molar-refractivity contribution in [2.75, 3.05) is 23.3 Å². The number of nitrogens with zero attached hydrogens (tertiary/aromatic N) is 3. The molecule has 1 unspecified atom stereocenters. The third-order valence-corrected chi connectivity index (χ3v) is 5.21. The van der Waals surface area contributed by atoms with Crippen LogP contribution in [0.5, 0.6) is 0 Å². The number of benzene rings is 2. The van der Waals surface area contributed by atoms with Crippen LogP contribution in [0.25, 0.3) is 11.4 Å². The second kappa shape index (κ2) is 9.18. The van der Waals surface area contributed by atoms with E-state index in [1.807, 2.05) is 31.2 Å². The van der Waals surface area contributed by atoms with Crippen LogP contribution >= 0.6 is 11.6 Å². The van der Waals surface area contributed by atoms with E-state index in [-0.39, 0.29) is 17.9 Å². The van der Waals surface area contributed by atoms with Gasteiger partial charge >= 0.3 is 6.03 Å². The lowest BCUT2D eigenvalue weighted by Gasteiger charge is -2.16. The first-order valence-corrected chi connectivity index (χ1v) is 10.5. The summed E-state index contributed by atoms with van der Waals surface area (Å²) in [5.41, 5.74) is 2.18. The van der Waals surface area contributed by atoms with E-state index in [2.05, 4.69) is 20.8 Å². The minimum atomic E-state index is -0.244. The van der Waals surface area contributed by atoms with Gasteiger partial charge in [0.1, 0.15) is 0 Å². The zero-order chi connectivity index (χ0) is 21.8. The first-order chi connectivity index (χ1) is 15.0. The van der Waals surface area contributed by atoms with Crippen molar-refractivity contribution in [2.24, 2.45) is 0 Å². The lowest BCUT2D eigenvalue weighted by atomic mass is 10.1. The Morgan fingerprint density at radius 2 is 2.06 bits per heavy atom. The van der Waals surface area contributed by atoms with Crippen molar-refractivity contribution in [3.05, 3.63) is 59.4 Å². The van der Waals surface area contributed by atoms with Crippen LogP contribution in [0.4, 0.5) is 16.2 Å². The number of carbonyl (C=O) groups is 2. The normalized spacial score (nSPS) is 15.9.